The van der Waals surface area contributed by atoms with E-state index in [1.54, 1.807) is 7.11 Å². The standard InChI is InChI=1S/C26H38N4O2/c1-4-32-25-16-21-20-9-5-6-10-23(20)28-26(22(21)17-24(25)31-3)19(18-27)8-7-11-30-14-12-29(2)13-15-30/h16-17,20,23,28H,4-15H2,1-3H3/b26-19-. The molecule has 0 bridgehead atoms. The zero-order valence-electron chi connectivity index (χ0n) is 20.0. The van der Waals surface area contributed by atoms with Gasteiger partial charge >= 0.3 is 0 Å². The van der Waals surface area contributed by atoms with Crippen molar-refractivity contribution in [2.24, 2.45) is 0 Å². The van der Waals surface area contributed by atoms with Crippen LogP contribution in [0.1, 0.15) is 62.5 Å². The number of hydrogen-bond donors (Lipinski definition) is 1. The third kappa shape index (κ3) is 4.89. The number of nitrogens with one attached hydrogen (secondary N) is 1. The van der Waals surface area contributed by atoms with Crippen molar-refractivity contribution in [3.63, 3.8) is 0 Å². The minimum Gasteiger partial charge on any atom is -0.493 e. The highest BCUT2D eigenvalue weighted by molar-refractivity contribution is 5.77. The first-order valence-corrected chi connectivity index (χ1v) is 12.3. The molecule has 2 unspecified atom stereocenters. The summed E-state index contributed by atoms with van der Waals surface area (Å²) in [5.74, 6) is 2.03. The van der Waals surface area contributed by atoms with E-state index in [0.717, 1.165) is 80.3 Å². The van der Waals surface area contributed by atoms with E-state index in [0.29, 0.717) is 18.6 Å². The summed E-state index contributed by atoms with van der Waals surface area (Å²) >= 11 is 0. The number of likely N-dealkylation sites (N-methyl/N-ethyl adjacent to an activating group) is 1. The molecule has 6 heteroatoms. The van der Waals surface area contributed by atoms with Gasteiger partial charge in [0.05, 0.1) is 31.1 Å². The molecule has 1 N–H and O–H groups in total. The van der Waals surface area contributed by atoms with Crippen LogP contribution in [-0.2, 0) is 0 Å². The number of fused-ring (bicyclic) bond motifs is 3. The van der Waals surface area contributed by atoms with Gasteiger partial charge in [0.2, 0.25) is 0 Å². The quantitative estimate of drug-likeness (QED) is 0.650. The predicted octanol–water partition coefficient (Wildman–Crippen LogP) is 3.99. The van der Waals surface area contributed by atoms with E-state index in [9.17, 15) is 5.26 Å². The Balaban J connectivity index is 1.61. The number of nitriles is 1. The monoisotopic (exact) mass is 438 g/mol. The normalized spacial score (nSPS) is 25.2. The van der Waals surface area contributed by atoms with Crippen molar-refractivity contribution in [3.05, 3.63) is 28.8 Å². The van der Waals surface area contributed by atoms with Gasteiger partial charge in [-0.05, 0) is 63.9 Å². The Morgan fingerprint density at radius 3 is 2.66 bits per heavy atom. The highest BCUT2D eigenvalue weighted by Crippen LogP contribution is 2.46. The highest BCUT2D eigenvalue weighted by atomic mass is 16.5. The zero-order chi connectivity index (χ0) is 22.5. The first-order valence-electron chi connectivity index (χ1n) is 12.3. The van der Waals surface area contributed by atoms with Gasteiger partial charge in [0, 0.05) is 43.7 Å². The van der Waals surface area contributed by atoms with E-state index in [-0.39, 0.29) is 0 Å². The van der Waals surface area contributed by atoms with Crippen LogP contribution >= 0.6 is 0 Å². The Morgan fingerprint density at radius 2 is 1.94 bits per heavy atom. The molecule has 6 nitrogen and oxygen atoms in total. The molecular weight excluding hydrogens is 400 g/mol. The van der Waals surface area contributed by atoms with Gasteiger partial charge in [0.25, 0.3) is 0 Å². The fourth-order valence-corrected chi connectivity index (χ4v) is 5.50. The second-order valence-corrected chi connectivity index (χ2v) is 9.38. The number of methoxy groups -OCH3 is 1. The topological polar surface area (TPSA) is 60.8 Å². The van der Waals surface area contributed by atoms with E-state index >= 15 is 0 Å². The number of rotatable bonds is 7. The van der Waals surface area contributed by atoms with Gasteiger partial charge in [0.1, 0.15) is 0 Å². The Labute approximate surface area is 193 Å². The van der Waals surface area contributed by atoms with Gasteiger partial charge in [0.15, 0.2) is 11.5 Å². The van der Waals surface area contributed by atoms with Crippen LogP contribution in [0.3, 0.4) is 0 Å². The fourth-order valence-electron chi connectivity index (χ4n) is 5.50. The van der Waals surface area contributed by atoms with Crippen molar-refractivity contribution in [1.82, 2.24) is 15.1 Å². The predicted molar refractivity (Wildman–Crippen MR) is 128 cm³/mol. The van der Waals surface area contributed by atoms with Crippen LogP contribution in [0, 0.1) is 11.3 Å². The number of hydrogen-bond acceptors (Lipinski definition) is 6. The molecule has 3 aliphatic rings. The molecule has 1 aromatic rings. The van der Waals surface area contributed by atoms with Crippen molar-refractivity contribution in [2.75, 3.05) is 53.5 Å². The summed E-state index contributed by atoms with van der Waals surface area (Å²) in [4.78, 5) is 4.91. The summed E-state index contributed by atoms with van der Waals surface area (Å²) in [6.07, 6.45) is 6.65. The maximum Gasteiger partial charge on any atom is 0.161 e. The molecule has 2 aliphatic heterocycles. The largest absolute Gasteiger partial charge is 0.493 e. The number of allylic oxidation sites excluding steroid dienone is 1. The lowest BCUT2D eigenvalue weighted by Crippen LogP contribution is -2.44. The summed E-state index contributed by atoms with van der Waals surface area (Å²) in [7, 11) is 3.88. The molecule has 1 saturated heterocycles. The highest BCUT2D eigenvalue weighted by Gasteiger charge is 2.35. The first kappa shape index (κ1) is 22.9. The van der Waals surface area contributed by atoms with Gasteiger partial charge in [-0.1, -0.05) is 12.8 Å². The van der Waals surface area contributed by atoms with Crippen LogP contribution in [0.25, 0.3) is 5.70 Å². The van der Waals surface area contributed by atoms with Crippen molar-refractivity contribution >= 4 is 5.70 Å². The number of piperazine rings is 1. The Kier molecular flexibility index (Phi) is 7.59. The molecule has 4 rings (SSSR count). The number of nitrogens with zero attached hydrogens (tertiary/aromatic N) is 3. The van der Waals surface area contributed by atoms with Crippen LogP contribution in [0.4, 0.5) is 0 Å². The third-order valence-corrected chi connectivity index (χ3v) is 7.33. The molecule has 0 aromatic heterocycles. The first-order chi connectivity index (χ1) is 15.6. The van der Waals surface area contributed by atoms with Gasteiger partial charge in [-0.15, -0.1) is 0 Å². The summed E-state index contributed by atoms with van der Waals surface area (Å²) in [6, 6.07) is 7.22. The average Bonchev–Trinajstić information content (AvgIpc) is 2.82. The maximum absolute atomic E-state index is 10.1. The fraction of sp³-hybridized carbons (Fsp3) is 0.654. The molecular formula is C26H38N4O2. The van der Waals surface area contributed by atoms with Gasteiger partial charge in [-0.3, -0.25) is 0 Å². The summed E-state index contributed by atoms with van der Waals surface area (Å²) in [5, 5.41) is 13.9. The van der Waals surface area contributed by atoms with Gasteiger partial charge in [-0.2, -0.15) is 5.26 Å². The van der Waals surface area contributed by atoms with Crippen LogP contribution in [0.15, 0.2) is 17.7 Å². The molecule has 0 radical (unpaired) electrons. The molecule has 2 fully saturated rings. The third-order valence-electron chi connectivity index (χ3n) is 7.33. The van der Waals surface area contributed by atoms with Crippen LogP contribution in [-0.4, -0.2) is 69.3 Å². The Hall–Kier alpha value is -2.23. The minimum atomic E-state index is 0.398. The lowest BCUT2D eigenvalue weighted by atomic mass is 9.74. The zero-order valence-corrected chi connectivity index (χ0v) is 20.0. The smallest absolute Gasteiger partial charge is 0.161 e. The molecule has 0 spiro atoms. The van der Waals surface area contributed by atoms with E-state index in [2.05, 4.69) is 40.4 Å². The maximum atomic E-state index is 10.1. The molecule has 2 atom stereocenters. The number of benzene rings is 1. The molecule has 1 aromatic carbocycles. The lowest BCUT2D eigenvalue weighted by Gasteiger charge is -2.40. The molecule has 0 amide bonds. The van der Waals surface area contributed by atoms with Crippen LogP contribution in [0.5, 0.6) is 11.5 Å². The Bertz CT molecular complexity index is 867. The lowest BCUT2D eigenvalue weighted by molar-refractivity contribution is 0.153. The van der Waals surface area contributed by atoms with Gasteiger partial charge in [-0.25, -0.2) is 0 Å². The van der Waals surface area contributed by atoms with Crippen molar-refractivity contribution in [1.29, 1.82) is 5.26 Å². The van der Waals surface area contributed by atoms with Gasteiger partial charge < -0.3 is 24.6 Å². The van der Waals surface area contributed by atoms with Crippen molar-refractivity contribution in [3.8, 4) is 17.6 Å². The summed E-state index contributed by atoms with van der Waals surface area (Å²) in [6.45, 7) is 8.17. The van der Waals surface area contributed by atoms with Crippen LogP contribution in [0.2, 0.25) is 0 Å². The summed E-state index contributed by atoms with van der Waals surface area (Å²) in [5.41, 5.74) is 4.34. The molecule has 1 aliphatic carbocycles. The molecule has 2 heterocycles. The van der Waals surface area contributed by atoms with Crippen molar-refractivity contribution < 1.29 is 9.47 Å². The minimum absolute atomic E-state index is 0.398. The molecule has 174 valence electrons. The second-order valence-electron chi connectivity index (χ2n) is 9.38. The van der Waals surface area contributed by atoms with Crippen molar-refractivity contribution in [2.45, 2.75) is 57.4 Å². The summed E-state index contributed by atoms with van der Waals surface area (Å²) < 4.78 is 11.6. The number of ether oxygens (including phenoxy) is 2. The SMILES string of the molecule is CCOc1cc2c(cc1OC)/C(=C(/C#N)CCCN1CCN(C)CC1)NC1CCCCC21. The van der Waals surface area contributed by atoms with E-state index in [1.807, 2.05) is 6.92 Å². The average molecular weight is 439 g/mol. The van der Waals surface area contributed by atoms with Crippen LogP contribution < -0.4 is 14.8 Å². The Morgan fingerprint density at radius 1 is 1.16 bits per heavy atom. The molecule has 32 heavy (non-hydrogen) atoms. The van der Waals surface area contributed by atoms with E-state index in [1.165, 1.54) is 24.8 Å². The molecule has 1 saturated carbocycles. The second kappa shape index (κ2) is 10.6. The van der Waals surface area contributed by atoms with E-state index in [4.69, 9.17) is 9.47 Å². The van der Waals surface area contributed by atoms with E-state index < -0.39 is 0 Å².